The normalized spacial score (nSPS) is 18.6. The molecule has 2 aromatic rings. The van der Waals surface area contributed by atoms with Gasteiger partial charge in [-0.25, -0.2) is 4.79 Å². The van der Waals surface area contributed by atoms with Crippen molar-refractivity contribution in [2.24, 2.45) is 0 Å². The van der Waals surface area contributed by atoms with Crippen molar-refractivity contribution in [2.45, 2.75) is 32.4 Å². The molecule has 34 heavy (non-hydrogen) atoms. The molecule has 0 saturated carbocycles. The molecule has 3 heterocycles. The second-order valence-electron chi connectivity index (χ2n) is 8.12. The lowest BCUT2D eigenvalue weighted by Gasteiger charge is -2.33. The van der Waals surface area contributed by atoms with Crippen molar-refractivity contribution < 1.29 is 14.4 Å². The molecule has 0 radical (unpaired) electrons. The highest BCUT2D eigenvalue weighted by molar-refractivity contribution is 6.35. The SMILES string of the molecule is CCN1C(=O)N[C@@H](c2ccc(Cl)cc2Cl)C2=C1CN([C@H](C)C(=O)NCCc1ccccn1)C2=O. The molecule has 4 rings (SSSR count). The average Bonchev–Trinajstić information content (AvgIpc) is 3.16. The van der Waals surface area contributed by atoms with Gasteiger partial charge in [0.15, 0.2) is 0 Å². The number of carbonyl (C=O) groups is 3. The van der Waals surface area contributed by atoms with Gasteiger partial charge in [-0.2, -0.15) is 0 Å². The summed E-state index contributed by atoms with van der Waals surface area (Å²) in [4.78, 5) is 46.5. The van der Waals surface area contributed by atoms with Gasteiger partial charge in [0, 0.05) is 41.4 Å². The van der Waals surface area contributed by atoms with Crippen LogP contribution in [0.4, 0.5) is 4.79 Å². The van der Waals surface area contributed by atoms with E-state index in [0.29, 0.717) is 46.4 Å². The number of carbonyl (C=O) groups excluding carboxylic acids is 3. The first kappa shape index (κ1) is 24.0. The van der Waals surface area contributed by atoms with Gasteiger partial charge >= 0.3 is 6.03 Å². The second-order valence-corrected chi connectivity index (χ2v) is 8.97. The number of nitrogens with zero attached hydrogens (tertiary/aromatic N) is 3. The van der Waals surface area contributed by atoms with Crippen LogP contribution in [-0.4, -0.2) is 58.3 Å². The van der Waals surface area contributed by atoms with Gasteiger partial charge in [0.1, 0.15) is 6.04 Å². The van der Waals surface area contributed by atoms with Crippen molar-refractivity contribution in [3.8, 4) is 0 Å². The first-order chi connectivity index (χ1) is 16.3. The third-order valence-corrected chi connectivity index (χ3v) is 6.66. The summed E-state index contributed by atoms with van der Waals surface area (Å²) in [5.41, 5.74) is 2.44. The number of halogens is 2. The van der Waals surface area contributed by atoms with E-state index in [1.165, 1.54) is 9.80 Å². The quantitative estimate of drug-likeness (QED) is 0.608. The Kier molecular flexibility index (Phi) is 7.09. The first-order valence-corrected chi connectivity index (χ1v) is 11.8. The van der Waals surface area contributed by atoms with E-state index in [2.05, 4.69) is 15.6 Å². The molecule has 0 bridgehead atoms. The number of benzene rings is 1. The summed E-state index contributed by atoms with van der Waals surface area (Å²) in [5.74, 6) is -0.579. The smallest absolute Gasteiger partial charge is 0.322 e. The zero-order valence-corrected chi connectivity index (χ0v) is 20.4. The van der Waals surface area contributed by atoms with Crippen LogP contribution in [0.5, 0.6) is 0 Å². The van der Waals surface area contributed by atoms with Gasteiger partial charge in [-0.1, -0.05) is 35.3 Å². The Hall–Kier alpha value is -3.10. The van der Waals surface area contributed by atoms with Crippen LogP contribution >= 0.6 is 23.2 Å². The van der Waals surface area contributed by atoms with Gasteiger partial charge in [-0.3, -0.25) is 19.5 Å². The largest absolute Gasteiger partial charge is 0.354 e. The summed E-state index contributed by atoms with van der Waals surface area (Å²) in [6, 6.07) is 8.78. The Bertz CT molecular complexity index is 1150. The van der Waals surface area contributed by atoms with Crippen LogP contribution in [0, 0.1) is 0 Å². The molecule has 0 fully saturated rings. The first-order valence-electron chi connectivity index (χ1n) is 11.1. The van der Waals surface area contributed by atoms with E-state index in [1.54, 1.807) is 31.3 Å². The predicted molar refractivity (Wildman–Crippen MR) is 129 cm³/mol. The van der Waals surface area contributed by atoms with E-state index in [-0.39, 0.29) is 24.4 Å². The Morgan fingerprint density at radius 2 is 2.06 bits per heavy atom. The van der Waals surface area contributed by atoms with Gasteiger partial charge in [-0.05, 0) is 43.7 Å². The fourth-order valence-corrected chi connectivity index (χ4v) is 4.80. The van der Waals surface area contributed by atoms with Crippen molar-refractivity contribution in [2.75, 3.05) is 19.6 Å². The highest BCUT2D eigenvalue weighted by Crippen LogP contribution is 2.39. The molecule has 0 aliphatic carbocycles. The minimum absolute atomic E-state index is 0.159. The number of nitrogens with one attached hydrogen (secondary N) is 2. The average molecular weight is 502 g/mol. The lowest BCUT2D eigenvalue weighted by Crippen LogP contribution is -2.47. The molecule has 4 amide bonds. The van der Waals surface area contributed by atoms with Gasteiger partial charge in [-0.15, -0.1) is 0 Å². The fourth-order valence-electron chi connectivity index (χ4n) is 4.28. The van der Waals surface area contributed by atoms with Crippen molar-refractivity contribution >= 4 is 41.0 Å². The third kappa shape index (κ3) is 4.60. The zero-order chi connectivity index (χ0) is 24.4. The lowest BCUT2D eigenvalue weighted by molar-refractivity contribution is -0.135. The number of urea groups is 1. The van der Waals surface area contributed by atoms with Crippen LogP contribution in [0.3, 0.4) is 0 Å². The van der Waals surface area contributed by atoms with Crippen LogP contribution in [0.1, 0.15) is 31.1 Å². The highest BCUT2D eigenvalue weighted by atomic mass is 35.5. The fraction of sp³-hybridized carbons (Fsp3) is 0.333. The Morgan fingerprint density at radius 3 is 2.74 bits per heavy atom. The van der Waals surface area contributed by atoms with Crippen molar-refractivity contribution in [3.63, 3.8) is 0 Å². The molecule has 178 valence electrons. The number of aromatic nitrogens is 1. The molecule has 2 N–H and O–H groups in total. The molecule has 2 aliphatic heterocycles. The van der Waals surface area contributed by atoms with Crippen LogP contribution in [0.15, 0.2) is 53.9 Å². The Morgan fingerprint density at radius 1 is 1.26 bits per heavy atom. The molecule has 8 nitrogen and oxygen atoms in total. The number of pyridine rings is 1. The highest BCUT2D eigenvalue weighted by Gasteiger charge is 2.46. The van der Waals surface area contributed by atoms with Crippen LogP contribution < -0.4 is 10.6 Å². The van der Waals surface area contributed by atoms with Crippen molar-refractivity contribution in [3.05, 3.63) is 75.2 Å². The maximum absolute atomic E-state index is 13.5. The molecule has 0 saturated heterocycles. The maximum Gasteiger partial charge on any atom is 0.322 e. The van der Waals surface area contributed by atoms with Crippen molar-refractivity contribution in [1.82, 2.24) is 25.4 Å². The van der Waals surface area contributed by atoms with E-state index in [9.17, 15) is 14.4 Å². The summed E-state index contributed by atoms with van der Waals surface area (Å²) >= 11 is 12.4. The third-order valence-electron chi connectivity index (χ3n) is 6.09. The minimum Gasteiger partial charge on any atom is -0.354 e. The number of likely N-dealkylation sites (N-methyl/N-ethyl adjacent to an activating group) is 1. The summed E-state index contributed by atoms with van der Waals surface area (Å²) in [6.45, 7) is 4.46. The monoisotopic (exact) mass is 501 g/mol. The number of amides is 4. The number of hydrogen-bond acceptors (Lipinski definition) is 4. The summed E-state index contributed by atoms with van der Waals surface area (Å²) in [7, 11) is 0. The molecular weight excluding hydrogens is 477 g/mol. The van der Waals surface area contributed by atoms with Crippen LogP contribution in [0.25, 0.3) is 0 Å². The lowest BCUT2D eigenvalue weighted by atomic mass is 9.95. The van der Waals surface area contributed by atoms with E-state index in [0.717, 1.165) is 5.69 Å². The topological polar surface area (TPSA) is 94.6 Å². The van der Waals surface area contributed by atoms with Gasteiger partial charge < -0.3 is 15.5 Å². The van der Waals surface area contributed by atoms with Gasteiger partial charge in [0.25, 0.3) is 5.91 Å². The van der Waals surface area contributed by atoms with E-state index in [4.69, 9.17) is 23.2 Å². The molecule has 0 unspecified atom stereocenters. The summed E-state index contributed by atoms with van der Waals surface area (Å²) < 4.78 is 0. The van der Waals surface area contributed by atoms with E-state index < -0.39 is 12.1 Å². The standard InChI is InChI=1S/C24H25Cl2N5O3/c1-3-30-19-13-31(14(2)22(32)28-11-9-16-6-4-5-10-27-16)23(33)20(19)21(29-24(30)34)17-8-7-15(25)12-18(17)26/h4-8,10,12,14,21H,3,9,11,13H2,1-2H3,(H,28,32)(H,29,34)/t14-,21+/m1/s1. The number of rotatable bonds is 7. The molecule has 0 spiro atoms. The van der Waals surface area contributed by atoms with Crippen LogP contribution in [-0.2, 0) is 16.0 Å². The van der Waals surface area contributed by atoms with E-state index in [1.807, 2.05) is 25.1 Å². The summed E-state index contributed by atoms with van der Waals surface area (Å²) in [5, 5.41) is 6.56. The molecule has 1 aromatic carbocycles. The van der Waals surface area contributed by atoms with Crippen molar-refractivity contribution in [1.29, 1.82) is 0 Å². The molecule has 2 atom stereocenters. The van der Waals surface area contributed by atoms with Gasteiger partial charge in [0.05, 0.1) is 23.9 Å². The number of hydrogen-bond donors (Lipinski definition) is 2. The zero-order valence-electron chi connectivity index (χ0n) is 18.8. The van der Waals surface area contributed by atoms with E-state index >= 15 is 0 Å². The molecular formula is C24H25Cl2N5O3. The maximum atomic E-state index is 13.5. The Labute approximate surface area is 207 Å². The second kappa shape index (κ2) is 10.0. The van der Waals surface area contributed by atoms with Gasteiger partial charge in [0.2, 0.25) is 5.91 Å². The molecule has 10 heteroatoms. The predicted octanol–water partition coefficient (Wildman–Crippen LogP) is 3.32. The minimum atomic E-state index is -0.730. The molecule has 1 aromatic heterocycles. The summed E-state index contributed by atoms with van der Waals surface area (Å²) in [6.07, 6.45) is 2.29. The Balaban J connectivity index is 1.53. The molecule has 2 aliphatic rings. The van der Waals surface area contributed by atoms with Crippen LogP contribution in [0.2, 0.25) is 10.0 Å².